The topological polar surface area (TPSA) is 59.0 Å². The summed E-state index contributed by atoms with van der Waals surface area (Å²) in [5.74, 6) is 0.747. The zero-order valence-electron chi connectivity index (χ0n) is 7.83. The monoisotopic (exact) mass is 254 g/mol. The van der Waals surface area contributed by atoms with E-state index in [1.54, 1.807) is 7.11 Å². The Morgan fingerprint density at radius 1 is 1.64 bits per heavy atom. The van der Waals surface area contributed by atoms with Crippen LogP contribution in [0.4, 0.5) is 0 Å². The minimum atomic E-state index is -0.274. The van der Waals surface area contributed by atoms with Gasteiger partial charge in [0.15, 0.2) is 0 Å². The van der Waals surface area contributed by atoms with Gasteiger partial charge in [-0.15, -0.1) is 0 Å². The first-order chi connectivity index (χ1) is 6.69. The molecule has 4 heteroatoms. The van der Waals surface area contributed by atoms with Crippen LogP contribution < -0.4 is 10.5 Å². The van der Waals surface area contributed by atoms with Gasteiger partial charge >= 0.3 is 0 Å². The number of nitrogens with two attached hydrogens (primary N) is 1. The predicted molar refractivity (Wildman–Crippen MR) is 57.9 cm³/mol. The molecule has 3 nitrogen and oxygen atoms in total. The van der Waals surface area contributed by atoms with Gasteiger partial charge in [0, 0.05) is 10.5 Å². The van der Waals surface area contributed by atoms with E-state index in [0.29, 0.717) is 6.42 Å². The second-order valence-electron chi connectivity index (χ2n) is 2.86. The zero-order chi connectivity index (χ0) is 10.6. The van der Waals surface area contributed by atoms with E-state index in [0.717, 1.165) is 15.8 Å². The van der Waals surface area contributed by atoms with Crippen molar-refractivity contribution in [2.45, 2.75) is 12.5 Å². The summed E-state index contributed by atoms with van der Waals surface area (Å²) >= 11 is 3.39. The van der Waals surface area contributed by atoms with Crippen molar-refractivity contribution < 1.29 is 4.74 Å². The Kier molecular flexibility index (Phi) is 3.93. The third kappa shape index (κ3) is 2.47. The highest BCUT2D eigenvalue weighted by Crippen LogP contribution is 2.27. The second-order valence-corrected chi connectivity index (χ2v) is 3.71. The van der Waals surface area contributed by atoms with Crippen molar-refractivity contribution in [2.24, 2.45) is 5.73 Å². The van der Waals surface area contributed by atoms with E-state index in [2.05, 4.69) is 15.9 Å². The number of benzene rings is 1. The van der Waals surface area contributed by atoms with Crippen LogP contribution in [0, 0.1) is 11.3 Å². The molecule has 74 valence electrons. The highest BCUT2D eigenvalue weighted by molar-refractivity contribution is 9.10. The van der Waals surface area contributed by atoms with Crippen molar-refractivity contribution in [3.05, 3.63) is 28.2 Å². The molecule has 0 aromatic heterocycles. The number of nitrogens with zero attached hydrogens (tertiary/aromatic N) is 1. The molecule has 0 aliphatic rings. The molecule has 0 heterocycles. The van der Waals surface area contributed by atoms with Gasteiger partial charge in [0.2, 0.25) is 0 Å². The highest BCUT2D eigenvalue weighted by atomic mass is 79.9. The molecule has 1 aromatic carbocycles. The summed E-state index contributed by atoms with van der Waals surface area (Å²) in [7, 11) is 1.60. The molecule has 0 saturated heterocycles. The van der Waals surface area contributed by atoms with Gasteiger partial charge in [-0.05, 0) is 23.8 Å². The number of methoxy groups -OCH3 is 1. The van der Waals surface area contributed by atoms with Crippen LogP contribution in [-0.2, 0) is 0 Å². The number of rotatable bonds is 3. The van der Waals surface area contributed by atoms with Gasteiger partial charge in [0.25, 0.3) is 0 Å². The summed E-state index contributed by atoms with van der Waals surface area (Å²) in [4.78, 5) is 0. The second kappa shape index (κ2) is 4.99. The van der Waals surface area contributed by atoms with Crippen LogP contribution in [0.15, 0.2) is 22.7 Å². The van der Waals surface area contributed by atoms with Gasteiger partial charge in [-0.3, -0.25) is 0 Å². The van der Waals surface area contributed by atoms with Gasteiger partial charge < -0.3 is 10.5 Å². The normalized spacial score (nSPS) is 11.9. The van der Waals surface area contributed by atoms with Crippen LogP contribution in [0.2, 0.25) is 0 Å². The number of nitriles is 1. The highest BCUT2D eigenvalue weighted by Gasteiger charge is 2.10. The van der Waals surface area contributed by atoms with Crippen molar-refractivity contribution in [3.63, 3.8) is 0 Å². The van der Waals surface area contributed by atoms with Crippen LogP contribution in [-0.4, -0.2) is 7.11 Å². The Bertz CT molecular complexity index is 360. The fraction of sp³-hybridized carbons (Fsp3) is 0.300. The number of hydrogen-bond acceptors (Lipinski definition) is 3. The van der Waals surface area contributed by atoms with Gasteiger partial charge in [-0.25, -0.2) is 0 Å². The maximum absolute atomic E-state index is 8.54. The smallest absolute Gasteiger partial charge is 0.119 e. The maximum Gasteiger partial charge on any atom is 0.119 e. The summed E-state index contributed by atoms with van der Waals surface area (Å²) in [5.41, 5.74) is 6.72. The minimum absolute atomic E-state index is 0.274. The molecule has 0 fully saturated rings. The molecule has 0 amide bonds. The molecule has 0 aliphatic heterocycles. The zero-order valence-corrected chi connectivity index (χ0v) is 9.41. The first-order valence-corrected chi connectivity index (χ1v) is 4.94. The molecule has 1 atom stereocenters. The number of hydrogen-bond donors (Lipinski definition) is 1. The van der Waals surface area contributed by atoms with Gasteiger partial charge in [-0.1, -0.05) is 15.9 Å². The van der Waals surface area contributed by atoms with Crippen molar-refractivity contribution in [3.8, 4) is 11.8 Å². The fourth-order valence-electron chi connectivity index (χ4n) is 1.14. The fourth-order valence-corrected chi connectivity index (χ4v) is 1.68. The van der Waals surface area contributed by atoms with Crippen LogP contribution in [0.3, 0.4) is 0 Å². The molecule has 2 N–H and O–H groups in total. The first kappa shape index (κ1) is 11.0. The summed E-state index contributed by atoms with van der Waals surface area (Å²) in [6.45, 7) is 0. The third-order valence-corrected chi connectivity index (χ3v) is 2.64. The predicted octanol–water partition coefficient (Wildman–Crippen LogP) is 2.37. The van der Waals surface area contributed by atoms with Crippen LogP contribution >= 0.6 is 15.9 Å². The standard InChI is InChI=1S/C10H11BrN2O/c1-14-7-2-3-9(11)8(6-7)10(13)4-5-12/h2-3,6,10H,4,13H2,1H3. The molecule has 0 saturated carbocycles. The number of halogens is 1. The van der Waals surface area contributed by atoms with Crippen molar-refractivity contribution in [1.29, 1.82) is 5.26 Å². The van der Waals surface area contributed by atoms with E-state index in [4.69, 9.17) is 15.7 Å². The molecule has 1 rings (SSSR count). The Hall–Kier alpha value is -1.05. The van der Waals surface area contributed by atoms with Crippen LogP contribution in [0.5, 0.6) is 5.75 Å². The SMILES string of the molecule is COc1ccc(Br)c(C(N)CC#N)c1. The first-order valence-electron chi connectivity index (χ1n) is 4.15. The Labute approximate surface area is 91.6 Å². The third-order valence-electron chi connectivity index (χ3n) is 1.91. The van der Waals surface area contributed by atoms with Gasteiger partial charge in [-0.2, -0.15) is 5.26 Å². The molecule has 0 radical (unpaired) electrons. The van der Waals surface area contributed by atoms with Gasteiger partial charge in [0.1, 0.15) is 5.75 Å². The lowest BCUT2D eigenvalue weighted by Crippen LogP contribution is -2.10. The lowest BCUT2D eigenvalue weighted by Gasteiger charge is -2.11. The average molecular weight is 255 g/mol. The molecule has 0 aliphatic carbocycles. The minimum Gasteiger partial charge on any atom is -0.497 e. The summed E-state index contributed by atoms with van der Waals surface area (Å²) < 4.78 is 5.98. The summed E-state index contributed by atoms with van der Waals surface area (Å²) in [5, 5.41) is 8.54. The van der Waals surface area contributed by atoms with Crippen molar-refractivity contribution >= 4 is 15.9 Å². The van der Waals surface area contributed by atoms with E-state index < -0.39 is 0 Å². The van der Waals surface area contributed by atoms with E-state index in [1.807, 2.05) is 24.3 Å². The summed E-state index contributed by atoms with van der Waals surface area (Å²) in [6, 6.07) is 7.32. The lowest BCUT2D eigenvalue weighted by atomic mass is 10.1. The van der Waals surface area contributed by atoms with Crippen molar-refractivity contribution in [1.82, 2.24) is 0 Å². The number of ether oxygens (including phenoxy) is 1. The molecule has 0 bridgehead atoms. The van der Waals surface area contributed by atoms with Crippen LogP contribution in [0.25, 0.3) is 0 Å². The molecule has 1 unspecified atom stereocenters. The molecular weight excluding hydrogens is 244 g/mol. The average Bonchev–Trinajstić information content (AvgIpc) is 2.19. The molecule has 0 spiro atoms. The summed E-state index contributed by atoms with van der Waals surface area (Å²) in [6.07, 6.45) is 0.297. The van der Waals surface area contributed by atoms with E-state index in [9.17, 15) is 0 Å². The van der Waals surface area contributed by atoms with E-state index in [1.165, 1.54) is 0 Å². The molecular formula is C10H11BrN2O. The lowest BCUT2D eigenvalue weighted by molar-refractivity contribution is 0.413. The van der Waals surface area contributed by atoms with E-state index in [-0.39, 0.29) is 6.04 Å². The van der Waals surface area contributed by atoms with Crippen LogP contribution in [0.1, 0.15) is 18.0 Å². The van der Waals surface area contributed by atoms with Crippen molar-refractivity contribution in [2.75, 3.05) is 7.11 Å². The maximum atomic E-state index is 8.54. The largest absolute Gasteiger partial charge is 0.497 e. The Balaban J connectivity index is 3.00. The quantitative estimate of drug-likeness (QED) is 0.901. The Morgan fingerprint density at radius 3 is 2.93 bits per heavy atom. The van der Waals surface area contributed by atoms with E-state index >= 15 is 0 Å². The van der Waals surface area contributed by atoms with Gasteiger partial charge in [0.05, 0.1) is 19.6 Å². The Morgan fingerprint density at radius 2 is 2.36 bits per heavy atom. The molecule has 1 aromatic rings. The molecule has 14 heavy (non-hydrogen) atoms.